The van der Waals surface area contributed by atoms with Gasteiger partial charge in [0.2, 0.25) is 0 Å². The zero-order valence-corrected chi connectivity index (χ0v) is 16.2. The van der Waals surface area contributed by atoms with E-state index >= 15 is 0 Å². The van der Waals surface area contributed by atoms with Gasteiger partial charge in [-0.25, -0.2) is 9.59 Å². The Bertz CT molecular complexity index is 682. The average molecular weight is 397 g/mol. The van der Waals surface area contributed by atoms with E-state index < -0.39 is 36.5 Å². The lowest BCUT2D eigenvalue weighted by molar-refractivity contribution is -0.150. The fourth-order valence-electron chi connectivity index (χ4n) is 2.02. The minimum atomic E-state index is -0.942. The molecular formula is C17H23N3O6S. The van der Waals surface area contributed by atoms with E-state index in [4.69, 9.17) is 9.47 Å². The highest BCUT2D eigenvalue weighted by Gasteiger charge is 2.24. The van der Waals surface area contributed by atoms with E-state index in [1.807, 2.05) is 11.6 Å². The summed E-state index contributed by atoms with van der Waals surface area (Å²) in [6, 6.07) is 4.95. The Labute approximate surface area is 161 Å². The number of hydrogen-bond acceptors (Lipinski definition) is 7. The van der Waals surface area contributed by atoms with Crippen LogP contribution >= 0.6 is 11.8 Å². The fraction of sp³-hybridized carbons (Fsp3) is 0.412. The van der Waals surface area contributed by atoms with Crippen LogP contribution in [0.5, 0.6) is 5.75 Å². The summed E-state index contributed by atoms with van der Waals surface area (Å²) in [5.74, 6) is -1.07. The molecule has 0 fully saturated rings. The Kier molecular flexibility index (Phi) is 9.73. The van der Waals surface area contributed by atoms with Gasteiger partial charge in [-0.1, -0.05) is 12.1 Å². The molecule has 0 spiro atoms. The van der Waals surface area contributed by atoms with Crippen molar-refractivity contribution in [3.8, 4) is 5.75 Å². The molecule has 1 atom stereocenters. The molecule has 9 nitrogen and oxygen atoms in total. The van der Waals surface area contributed by atoms with Crippen LogP contribution in [0.3, 0.4) is 0 Å². The van der Waals surface area contributed by atoms with E-state index in [9.17, 15) is 19.2 Å². The first kappa shape index (κ1) is 22.3. The van der Waals surface area contributed by atoms with Crippen molar-refractivity contribution in [3.05, 3.63) is 29.8 Å². The van der Waals surface area contributed by atoms with Crippen LogP contribution in [0.2, 0.25) is 0 Å². The maximum absolute atomic E-state index is 12.5. The van der Waals surface area contributed by atoms with Gasteiger partial charge in [-0.15, -0.1) is 0 Å². The van der Waals surface area contributed by atoms with E-state index in [-0.39, 0.29) is 5.56 Å². The number of carbonyl (C=O) groups excluding carboxylic acids is 4. The number of nitrogens with one attached hydrogen (secondary N) is 3. The number of thioether (sulfide) groups is 1. The Hall–Kier alpha value is -2.75. The third-order valence-corrected chi connectivity index (χ3v) is 4.02. The molecule has 27 heavy (non-hydrogen) atoms. The Morgan fingerprint density at radius 3 is 2.52 bits per heavy atom. The molecule has 148 valence electrons. The van der Waals surface area contributed by atoms with E-state index in [1.54, 1.807) is 24.3 Å². The van der Waals surface area contributed by atoms with Gasteiger partial charge < -0.3 is 20.1 Å². The molecule has 0 unspecified atom stereocenters. The van der Waals surface area contributed by atoms with Gasteiger partial charge >= 0.3 is 12.0 Å². The van der Waals surface area contributed by atoms with E-state index in [1.165, 1.54) is 25.9 Å². The average Bonchev–Trinajstić information content (AvgIpc) is 2.68. The highest BCUT2D eigenvalue weighted by Crippen LogP contribution is 2.17. The van der Waals surface area contributed by atoms with Crippen LogP contribution in [0, 0.1) is 0 Å². The SMILES string of the molecule is CNC(=O)NC(=O)COC(=O)[C@@H](CCSC)NC(=O)c1ccccc1OC. The van der Waals surface area contributed by atoms with Gasteiger partial charge in [-0.2, -0.15) is 11.8 Å². The summed E-state index contributed by atoms with van der Waals surface area (Å²) in [6.07, 6.45) is 2.18. The van der Waals surface area contributed by atoms with Gasteiger partial charge in [-0.05, 0) is 30.6 Å². The first-order valence-electron chi connectivity index (χ1n) is 8.04. The van der Waals surface area contributed by atoms with Gasteiger partial charge in [0.15, 0.2) is 6.61 Å². The second kappa shape index (κ2) is 11.8. The molecule has 0 aromatic heterocycles. The Morgan fingerprint density at radius 1 is 1.19 bits per heavy atom. The van der Waals surface area contributed by atoms with E-state index in [0.717, 1.165) is 0 Å². The van der Waals surface area contributed by atoms with Crippen LogP contribution in [0.15, 0.2) is 24.3 Å². The molecule has 0 aliphatic rings. The second-order valence-corrected chi connectivity index (χ2v) is 6.23. The second-order valence-electron chi connectivity index (χ2n) is 5.24. The van der Waals surface area contributed by atoms with Crippen molar-refractivity contribution in [2.24, 2.45) is 0 Å². The molecule has 0 saturated heterocycles. The number of benzene rings is 1. The van der Waals surface area contributed by atoms with Crippen LogP contribution in [0.4, 0.5) is 4.79 Å². The van der Waals surface area contributed by atoms with E-state index in [0.29, 0.717) is 17.9 Å². The maximum atomic E-state index is 12.5. The van der Waals surface area contributed by atoms with Crippen LogP contribution in [-0.4, -0.2) is 62.6 Å². The summed E-state index contributed by atoms with van der Waals surface area (Å²) >= 11 is 1.50. The lowest BCUT2D eigenvalue weighted by Crippen LogP contribution is -2.44. The van der Waals surface area contributed by atoms with Gasteiger partial charge in [0.05, 0.1) is 12.7 Å². The predicted molar refractivity (Wildman–Crippen MR) is 101 cm³/mol. The quantitative estimate of drug-likeness (QED) is 0.520. The van der Waals surface area contributed by atoms with Crippen LogP contribution in [0.25, 0.3) is 0 Å². The van der Waals surface area contributed by atoms with Gasteiger partial charge in [-0.3, -0.25) is 14.9 Å². The maximum Gasteiger partial charge on any atom is 0.329 e. The molecule has 1 rings (SSSR count). The highest BCUT2D eigenvalue weighted by atomic mass is 32.2. The first-order valence-corrected chi connectivity index (χ1v) is 9.43. The van der Waals surface area contributed by atoms with Crippen molar-refractivity contribution in [1.82, 2.24) is 16.0 Å². The third kappa shape index (κ3) is 7.57. The summed E-state index contributed by atoms with van der Waals surface area (Å²) in [5.41, 5.74) is 0.277. The van der Waals surface area contributed by atoms with Crippen LogP contribution in [0.1, 0.15) is 16.8 Å². The zero-order chi connectivity index (χ0) is 20.2. The standard InChI is InChI=1S/C17H23N3O6S/c1-18-17(24)20-14(21)10-26-16(23)12(8-9-27-3)19-15(22)11-6-4-5-7-13(11)25-2/h4-7,12H,8-10H2,1-3H3,(H,19,22)(H2,18,20,21,24)/t12-/m1/s1. The summed E-state index contributed by atoms with van der Waals surface area (Å²) in [7, 11) is 2.79. The molecular weight excluding hydrogens is 374 g/mol. The number of amides is 4. The molecule has 10 heteroatoms. The van der Waals surface area contributed by atoms with Crippen molar-refractivity contribution in [2.75, 3.05) is 32.8 Å². The molecule has 1 aromatic carbocycles. The number of carbonyl (C=O) groups is 4. The van der Waals surface area contributed by atoms with Crippen LogP contribution < -0.4 is 20.7 Å². The fourth-order valence-corrected chi connectivity index (χ4v) is 2.49. The van der Waals surface area contributed by atoms with E-state index in [2.05, 4.69) is 10.6 Å². The number of urea groups is 1. The highest BCUT2D eigenvalue weighted by molar-refractivity contribution is 7.98. The largest absolute Gasteiger partial charge is 0.496 e. The van der Waals surface area contributed by atoms with Crippen molar-refractivity contribution in [3.63, 3.8) is 0 Å². The lowest BCUT2D eigenvalue weighted by atomic mass is 10.1. The monoisotopic (exact) mass is 397 g/mol. The topological polar surface area (TPSA) is 123 Å². The summed E-state index contributed by atoms with van der Waals surface area (Å²) in [5, 5.41) is 6.78. The zero-order valence-electron chi connectivity index (χ0n) is 15.4. The molecule has 0 heterocycles. The predicted octanol–water partition coefficient (Wildman–Crippen LogP) is 0.546. The molecule has 0 saturated carbocycles. The number of hydrogen-bond donors (Lipinski definition) is 3. The molecule has 0 aliphatic carbocycles. The number of methoxy groups -OCH3 is 1. The number of ether oxygens (including phenoxy) is 2. The first-order chi connectivity index (χ1) is 12.9. The summed E-state index contributed by atoms with van der Waals surface area (Å²) < 4.78 is 10.1. The number of imide groups is 1. The molecule has 0 aliphatic heterocycles. The minimum Gasteiger partial charge on any atom is -0.496 e. The smallest absolute Gasteiger partial charge is 0.329 e. The third-order valence-electron chi connectivity index (χ3n) is 3.38. The van der Waals surface area contributed by atoms with Crippen LogP contribution in [-0.2, 0) is 14.3 Å². The Morgan fingerprint density at radius 2 is 1.89 bits per heavy atom. The van der Waals surface area contributed by atoms with Crippen molar-refractivity contribution < 1.29 is 28.7 Å². The van der Waals surface area contributed by atoms with Crippen molar-refractivity contribution in [2.45, 2.75) is 12.5 Å². The molecule has 0 bridgehead atoms. The van der Waals surface area contributed by atoms with Gasteiger partial charge in [0, 0.05) is 7.05 Å². The molecule has 1 aromatic rings. The Balaban J connectivity index is 2.73. The van der Waals surface area contributed by atoms with Gasteiger partial charge in [0.25, 0.3) is 11.8 Å². The molecule has 0 radical (unpaired) electrons. The minimum absolute atomic E-state index is 0.277. The molecule has 4 amide bonds. The van der Waals surface area contributed by atoms with Gasteiger partial charge in [0.1, 0.15) is 11.8 Å². The van der Waals surface area contributed by atoms with Crippen molar-refractivity contribution >= 4 is 35.6 Å². The summed E-state index contributed by atoms with van der Waals surface area (Å²) in [4.78, 5) is 47.3. The normalized spacial score (nSPS) is 11.1. The molecule has 3 N–H and O–H groups in total. The number of para-hydroxylation sites is 1. The summed E-state index contributed by atoms with van der Waals surface area (Å²) in [6.45, 7) is -0.632. The lowest BCUT2D eigenvalue weighted by Gasteiger charge is -2.18. The number of rotatable bonds is 9. The number of esters is 1. The van der Waals surface area contributed by atoms with Crippen molar-refractivity contribution in [1.29, 1.82) is 0 Å².